The second-order valence-electron chi connectivity index (χ2n) is 5.14. The molecule has 0 saturated carbocycles. The molecule has 0 amide bonds. The van der Waals surface area contributed by atoms with Crippen molar-refractivity contribution in [2.75, 3.05) is 19.7 Å². The van der Waals surface area contributed by atoms with Crippen LogP contribution in [0.3, 0.4) is 0 Å². The van der Waals surface area contributed by atoms with Gasteiger partial charge in [-0.25, -0.2) is 8.42 Å². The Balaban J connectivity index is 2.21. The summed E-state index contributed by atoms with van der Waals surface area (Å²) in [6, 6.07) is 6.91. The van der Waals surface area contributed by atoms with Crippen LogP contribution in [0.4, 0.5) is 0 Å². The largest absolute Gasteiger partial charge is 0.396 e. The van der Waals surface area contributed by atoms with Crippen LogP contribution < -0.4 is 0 Å². The summed E-state index contributed by atoms with van der Waals surface area (Å²) in [5.41, 5.74) is 1.90. The number of benzene rings is 1. The highest BCUT2D eigenvalue weighted by Gasteiger charge is 2.20. The van der Waals surface area contributed by atoms with Crippen molar-refractivity contribution in [3.63, 3.8) is 0 Å². The number of nitrogens with zero attached hydrogens (tertiary/aromatic N) is 1. The molecular weight excluding hydrogens is 274 g/mol. The van der Waals surface area contributed by atoms with Crippen LogP contribution in [0, 0.1) is 6.92 Å². The van der Waals surface area contributed by atoms with E-state index < -0.39 is 9.84 Å². The van der Waals surface area contributed by atoms with Gasteiger partial charge in [-0.1, -0.05) is 17.7 Å². The fraction of sp³-hybridized carbons (Fsp3) is 0.467. The zero-order chi connectivity index (χ0) is 14.6. The minimum atomic E-state index is -3.38. The molecule has 2 rings (SSSR count). The monoisotopic (exact) mass is 295 g/mol. The van der Waals surface area contributed by atoms with E-state index in [0.717, 1.165) is 30.6 Å². The van der Waals surface area contributed by atoms with Gasteiger partial charge < -0.3 is 10.0 Å². The average Bonchev–Trinajstić information content (AvgIpc) is 2.83. The molecule has 20 heavy (non-hydrogen) atoms. The molecule has 1 fully saturated rings. The third-order valence-corrected chi connectivity index (χ3v) is 5.01. The number of sulfone groups is 1. The van der Waals surface area contributed by atoms with Crippen LogP contribution in [0.2, 0.25) is 0 Å². The summed E-state index contributed by atoms with van der Waals surface area (Å²) in [4.78, 5) is 2.40. The van der Waals surface area contributed by atoms with E-state index in [-0.39, 0.29) is 6.61 Å². The van der Waals surface area contributed by atoms with Gasteiger partial charge in [0, 0.05) is 25.4 Å². The number of hydrogen-bond donors (Lipinski definition) is 1. The van der Waals surface area contributed by atoms with E-state index in [1.54, 1.807) is 12.1 Å². The number of aryl methyl sites for hydroxylation is 1. The van der Waals surface area contributed by atoms with Crippen LogP contribution in [0.1, 0.15) is 24.8 Å². The van der Waals surface area contributed by atoms with Gasteiger partial charge in [-0.2, -0.15) is 0 Å². The first-order valence-corrected chi connectivity index (χ1v) is 8.46. The Hall–Kier alpha value is -1.33. The van der Waals surface area contributed by atoms with Crippen molar-refractivity contribution < 1.29 is 13.5 Å². The van der Waals surface area contributed by atoms with Crippen molar-refractivity contribution in [3.05, 3.63) is 40.9 Å². The summed E-state index contributed by atoms with van der Waals surface area (Å²) in [6.45, 7) is 3.65. The molecule has 0 unspecified atom stereocenters. The molecule has 1 aliphatic rings. The van der Waals surface area contributed by atoms with E-state index in [0.29, 0.717) is 17.9 Å². The maximum Gasteiger partial charge on any atom is 0.201 e. The summed E-state index contributed by atoms with van der Waals surface area (Å²) in [5, 5.41) is 10.3. The van der Waals surface area contributed by atoms with Gasteiger partial charge in [-0.3, -0.25) is 0 Å². The van der Waals surface area contributed by atoms with E-state index in [2.05, 4.69) is 4.90 Å². The Morgan fingerprint density at radius 1 is 1.30 bits per heavy atom. The topological polar surface area (TPSA) is 57.6 Å². The molecule has 1 aromatic carbocycles. The third kappa shape index (κ3) is 3.61. The Morgan fingerprint density at radius 2 is 2.00 bits per heavy atom. The SMILES string of the molecule is Cc1ccc(S(=O)(=O)C=C2CCCN2CCCO)cc1. The Morgan fingerprint density at radius 3 is 2.65 bits per heavy atom. The minimum absolute atomic E-state index is 0.133. The van der Waals surface area contributed by atoms with Crippen LogP contribution in [0.5, 0.6) is 0 Å². The molecular formula is C15H21NO3S. The van der Waals surface area contributed by atoms with Crippen LogP contribution >= 0.6 is 0 Å². The summed E-state index contributed by atoms with van der Waals surface area (Å²) in [7, 11) is -3.38. The number of allylic oxidation sites excluding steroid dienone is 1. The average molecular weight is 295 g/mol. The molecule has 1 aromatic rings. The zero-order valence-electron chi connectivity index (χ0n) is 11.7. The van der Waals surface area contributed by atoms with Gasteiger partial charge in [-0.05, 0) is 38.3 Å². The first kappa shape index (κ1) is 15.1. The second-order valence-corrected chi connectivity index (χ2v) is 6.93. The summed E-state index contributed by atoms with van der Waals surface area (Å²) < 4.78 is 24.7. The molecule has 0 aromatic heterocycles. The molecule has 4 nitrogen and oxygen atoms in total. The van der Waals surface area contributed by atoms with Crippen LogP contribution in [-0.2, 0) is 9.84 Å². The van der Waals surface area contributed by atoms with Crippen LogP contribution in [0.25, 0.3) is 0 Å². The van der Waals surface area contributed by atoms with E-state index in [1.165, 1.54) is 5.41 Å². The highest BCUT2D eigenvalue weighted by molar-refractivity contribution is 7.94. The predicted octanol–water partition coefficient (Wildman–Crippen LogP) is 2.09. The number of rotatable bonds is 5. The van der Waals surface area contributed by atoms with Gasteiger partial charge in [0.1, 0.15) is 0 Å². The molecule has 1 heterocycles. The third-order valence-electron chi connectivity index (χ3n) is 3.49. The van der Waals surface area contributed by atoms with Crippen molar-refractivity contribution in [1.29, 1.82) is 0 Å². The van der Waals surface area contributed by atoms with Crippen molar-refractivity contribution in [2.24, 2.45) is 0 Å². The van der Waals surface area contributed by atoms with Crippen molar-refractivity contribution in [1.82, 2.24) is 4.90 Å². The highest BCUT2D eigenvalue weighted by Crippen LogP contribution is 2.24. The van der Waals surface area contributed by atoms with Crippen LogP contribution in [-0.4, -0.2) is 38.1 Å². The Bertz CT molecular complexity index is 576. The molecule has 110 valence electrons. The molecule has 0 aliphatic carbocycles. The van der Waals surface area contributed by atoms with Gasteiger partial charge in [0.05, 0.1) is 10.3 Å². The van der Waals surface area contributed by atoms with E-state index in [4.69, 9.17) is 5.11 Å². The van der Waals surface area contributed by atoms with E-state index in [9.17, 15) is 8.42 Å². The summed E-state index contributed by atoms with van der Waals surface area (Å²) in [6.07, 6.45) is 2.43. The van der Waals surface area contributed by atoms with Gasteiger partial charge in [-0.15, -0.1) is 0 Å². The highest BCUT2D eigenvalue weighted by atomic mass is 32.2. The first-order chi connectivity index (χ1) is 9.53. The van der Waals surface area contributed by atoms with Gasteiger partial charge in [0.2, 0.25) is 9.84 Å². The van der Waals surface area contributed by atoms with Crippen molar-refractivity contribution in [3.8, 4) is 0 Å². The number of aliphatic hydroxyl groups is 1. The molecule has 0 bridgehead atoms. The number of likely N-dealkylation sites (tertiary alicyclic amines) is 1. The van der Waals surface area contributed by atoms with Crippen LogP contribution in [0.15, 0.2) is 40.3 Å². The smallest absolute Gasteiger partial charge is 0.201 e. The fourth-order valence-electron chi connectivity index (χ4n) is 2.38. The molecule has 1 aliphatic heterocycles. The maximum atomic E-state index is 12.4. The molecule has 0 atom stereocenters. The predicted molar refractivity (Wildman–Crippen MR) is 79.0 cm³/mol. The lowest BCUT2D eigenvalue weighted by atomic mass is 10.2. The summed E-state index contributed by atoms with van der Waals surface area (Å²) >= 11 is 0. The number of aliphatic hydroxyl groups excluding tert-OH is 1. The standard InChI is InChI=1S/C15H21NO3S/c1-13-5-7-15(8-6-13)20(18,19)12-14-4-2-9-16(14)10-3-11-17/h5-8,12,17H,2-4,9-11H2,1H3. The quantitative estimate of drug-likeness (QED) is 0.903. The first-order valence-electron chi connectivity index (χ1n) is 6.91. The molecule has 5 heteroatoms. The fourth-order valence-corrected chi connectivity index (χ4v) is 3.65. The second kappa shape index (κ2) is 6.41. The maximum absolute atomic E-state index is 12.4. The van der Waals surface area contributed by atoms with Crippen molar-refractivity contribution in [2.45, 2.75) is 31.1 Å². The molecule has 0 radical (unpaired) electrons. The minimum Gasteiger partial charge on any atom is -0.396 e. The van der Waals surface area contributed by atoms with E-state index in [1.807, 2.05) is 19.1 Å². The molecule has 1 N–H and O–H groups in total. The lowest BCUT2D eigenvalue weighted by Gasteiger charge is -2.19. The van der Waals surface area contributed by atoms with Gasteiger partial charge in [0.25, 0.3) is 0 Å². The lowest BCUT2D eigenvalue weighted by molar-refractivity contribution is 0.261. The van der Waals surface area contributed by atoms with Gasteiger partial charge >= 0.3 is 0 Å². The summed E-state index contributed by atoms with van der Waals surface area (Å²) in [5.74, 6) is 0. The molecule has 1 saturated heterocycles. The Kier molecular flexibility index (Phi) is 4.83. The zero-order valence-corrected chi connectivity index (χ0v) is 12.6. The lowest BCUT2D eigenvalue weighted by Crippen LogP contribution is -2.20. The molecule has 0 spiro atoms. The van der Waals surface area contributed by atoms with E-state index >= 15 is 0 Å². The van der Waals surface area contributed by atoms with Gasteiger partial charge in [0.15, 0.2) is 0 Å². The van der Waals surface area contributed by atoms with Crippen molar-refractivity contribution >= 4 is 9.84 Å². The number of hydrogen-bond acceptors (Lipinski definition) is 4. The Labute approximate surface area is 120 Å². The normalized spacial score (nSPS) is 17.9.